The normalized spacial score (nSPS) is 9.60. The molecule has 0 aliphatic rings. The zero-order valence-corrected chi connectivity index (χ0v) is 37.0. The fourth-order valence-electron chi connectivity index (χ4n) is 5.67. The van der Waals surface area contributed by atoms with E-state index in [9.17, 15) is 4.79 Å². The Balaban J connectivity index is 0.00000102. The van der Waals surface area contributed by atoms with Crippen molar-refractivity contribution in [3.05, 3.63) is 193 Å². The van der Waals surface area contributed by atoms with Crippen LogP contribution in [0, 0.1) is 0 Å². The fourth-order valence-corrected chi connectivity index (χ4v) is 11.1. The number of nitrogens with zero attached hydrogens (tertiary/aromatic N) is 1. The molecule has 0 fully saturated rings. The van der Waals surface area contributed by atoms with Gasteiger partial charge in [0.05, 0.1) is 49.4 Å². The van der Waals surface area contributed by atoms with Crippen molar-refractivity contribution in [2.45, 2.75) is 19.4 Å². The molecule has 0 spiro atoms. The number of rotatable bonds is 14. The van der Waals surface area contributed by atoms with Gasteiger partial charge in [0.15, 0.2) is 0 Å². The Kier molecular flexibility index (Phi) is 31.1. The minimum atomic E-state index is -0.769. The SMILES string of the molecule is CN(CC[PH+](c1ccccc1)c1ccccc1)CC[PH+](c1ccccc1)c1ccccc1.NCc1ccccc1.O=C=O.O=CCCc1ccccc1.[CH-]=O.[Cl][RuH+2].[HH]. The van der Waals surface area contributed by atoms with Crippen molar-refractivity contribution < 1.29 is 37.9 Å². The van der Waals surface area contributed by atoms with Crippen molar-refractivity contribution >= 4 is 66.0 Å². The van der Waals surface area contributed by atoms with Crippen LogP contribution >= 0.6 is 25.5 Å². The molecule has 10 heteroatoms. The van der Waals surface area contributed by atoms with Crippen LogP contribution < -0.4 is 27.0 Å². The molecule has 6 aromatic rings. The Hall–Kier alpha value is -4.27. The van der Waals surface area contributed by atoms with Crippen molar-refractivity contribution in [2.75, 3.05) is 32.5 Å². The van der Waals surface area contributed by atoms with Crippen LogP contribution in [0.2, 0.25) is 0 Å². The molecule has 0 aromatic heterocycles. The molecule has 0 saturated heterocycles. The van der Waals surface area contributed by atoms with E-state index in [-0.39, 0.29) is 7.58 Å². The van der Waals surface area contributed by atoms with E-state index in [1.165, 1.54) is 44.7 Å². The average molecular weight is 911 g/mol. The zero-order valence-electron chi connectivity index (χ0n) is 32.3. The molecule has 0 aliphatic heterocycles. The largest absolute Gasteiger partial charge is 0 e. The third-order valence-corrected chi connectivity index (χ3v) is 14.0. The van der Waals surface area contributed by atoms with E-state index in [0.29, 0.717) is 13.0 Å². The maximum absolute atomic E-state index is 9.98. The molecule has 6 nitrogen and oxygen atoms in total. The Morgan fingerprint density at radius 3 is 1.09 bits per heavy atom. The summed E-state index contributed by atoms with van der Waals surface area (Å²) < 4.78 is 0. The molecule has 0 atom stereocenters. The summed E-state index contributed by atoms with van der Waals surface area (Å²) in [6.45, 7) is 6.16. The Morgan fingerprint density at radius 2 is 0.842 bits per heavy atom. The number of benzene rings is 6. The van der Waals surface area contributed by atoms with Crippen molar-refractivity contribution in [2.24, 2.45) is 5.73 Å². The number of carbonyl (C=O) groups is 1. The van der Waals surface area contributed by atoms with Gasteiger partial charge in [0, 0.05) is 27.5 Å². The monoisotopic (exact) mass is 911 g/mol. The van der Waals surface area contributed by atoms with Gasteiger partial charge in [-0.25, -0.2) is 0 Å². The van der Waals surface area contributed by atoms with Crippen LogP contribution in [-0.2, 0) is 49.5 Å². The first-order chi connectivity index (χ1) is 28.1. The molecular formula is C47H56ClN2O4P2Ru+3. The zero-order chi connectivity index (χ0) is 41.8. The summed E-state index contributed by atoms with van der Waals surface area (Å²) in [5.74, 6) is 0. The van der Waals surface area contributed by atoms with Crippen LogP contribution in [0.3, 0.4) is 0 Å². The summed E-state index contributed by atoms with van der Waals surface area (Å²) in [4.78, 5) is 36.5. The van der Waals surface area contributed by atoms with Crippen molar-refractivity contribution in [3.8, 4) is 0 Å². The molecule has 0 unspecified atom stereocenters. The molecule has 0 amide bonds. The van der Waals surface area contributed by atoms with Gasteiger partial charge in [-0.1, -0.05) is 133 Å². The predicted octanol–water partition coefficient (Wildman–Crippen LogP) is 7.42. The Bertz CT molecular complexity index is 1690. The maximum atomic E-state index is 9.98. The van der Waals surface area contributed by atoms with Gasteiger partial charge in [0.2, 0.25) is 0 Å². The van der Waals surface area contributed by atoms with E-state index in [0.717, 1.165) is 25.8 Å². The third-order valence-electron chi connectivity index (χ3n) is 8.45. The summed E-state index contributed by atoms with van der Waals surface area (Å²) in [6, 6.07) is 64.4. The summed E-state index contributed by atoms with van der Waals surface area (Å²) in [7, 11) is 5.37. The first-order valence-electron chi connectivity index (χ1n) is 18.3. The van der Waals surface area contributed by atoms with Crippen LogP contribution in [0.4, 0.5) is 0 Å². The smallest absolute Gasteiger partial charge is 0 e. The van der Waals surface area contributed by atoms with E-state index in [2.05, 4.69) is 150 Å². The molecule has 0 radical (unpaired) electrons. The van der Waals surface area contributed by atoms with Gasteiger partial charge in [-0.15, -0.1) is 0 Å². The number of aryl methyl sites for hydroxylation is 1. The van der Waals surface area contributed by atoms with E-state index in [1.54, 1.807) is 17.3 Å². The number of halogens is 1. The molecule has 6 aromatic carbocycles. The van der Waals surface area contributed by atoms with Gasteiger partial charge < -0.3 is 15.3 Å². The Morgan fingerprint density at radius 1 is 0.579 bits per heavy atom. The molecule has 2 N–H and O–H groups in total. The molecule has 0 heterocycles. The second-order valence-electron chi connectivity index (χ2n) is 12.2. The molecular weight excluding hydrogens is 855 g/mol. The molecule has 57 heavy (non-hydrogen) atoms. The number of aldehydes is 1. The third kappa shape index (κ3) is 22.3. The molecule has 6 rings (SSSR count). The van der Waals surface area contributed by atoms with Gasteiger partial charge in [-0.3, -0.25) is 11.7 Å². The summed E-state index contributed by atoms with van der Waals surface area (Å²) >= 11 is 1.62. The van der Waals surface area contributed by atoms with Crippen LogP contribution in [0.1, 0.15) is 19.0 Å². The second-order valence-corrected chi connectivity index (χ2v) is 17.4. The standard InChI is InChI=1S/C29H31NP2.C9H10O.C7H9N.CO2.CHO.ClH.Ru.H2.H/c1-30(22-24-31(26-14-6-2-7-15-26)27-16-8-3-9-17-27)23-25-32(28-18-10-4-11-19-28)29-20-12-5-13-21-29;10-8-4-7-9-5-2-1-3-6-9;8-6-7-4-2-1-3-5-7;2-1-3;1-2;;;;/h2-21H,22-25H2,1H3;1-3,5-6,8H,4,7H2;1-5H,6,8H2;;1H;1H;;1H;/q;;;;-1;;+3;;/p+1. The number of hydrogen-bond acceptors (Lipinski definition) is 6. The van der Waals surface area contributed by atoms with Gasteiger partial charge in [-0.2, -0.15) is 9.59 Å². The fraction of sp³-hybridized carbons (Fsp3) is 0.170. The summed E-state index contributed by atoms with van der Waals surface area (Å²) in [6.07, 6.45) is 5.16. The number of carbonyl (C=O) groups excluding carboxylic acids is 4. The first-order valence-corrected chi connectivity index (χ1v) is 24.1. The van der Waals surface area contributed by atoms with Gasteiger partial charge in [0.1, 0.15) is 6.29 Å². The minimum Gasteiger partial charge on any atom is 0 e. The van der Waals surface area contributed by atoms with Gasteiger partial charge in [0.25, 0.3) is 0 Å². The molecule has 0 saturated carbocycles. The van der Waals surface area contributed by atoms with Gasteiger partial charge >= 0.3 is 33.2 Å². The van der Waals surface area contributed by atoms with E-state index >= 15 is 0 Å². The molecule has 300 valence electrons. The molecule has 0 bridgehead atoms. The van der Waals surface area contributed by atoms with Gasteiger partial charge in [-0.05, 0) is 73.1 Å². The number of hydrogen-bond donors (Lipinski definition) is 1. The van der Waals surface area contributed by atoms with Crippen LogP contribution in [0.25, 0.3) is 0 Å². The van der Waals surface area contributed by atoms with E-state index < -0.39 is 15.8 Å². The van der Waals surface area contributed by atoms with E-state index in [4.69, 9.17) is 20.1 Å². The number of nitrogens with two attached hydrogens (primary N) is 1. The van der Waals surface area contributed by atoms with E-state index in [1.807, 2.05) is 60.7 Å². The average Bonchev–Trinajstić information content (AvgIpc) is 3.30. The minimum absolute atomic E-state index is 0. The summed E-state index contributed by atoms with van der Waals surface area (Å²) in [5, 5.41) is 6.04. The van der Waals surface area contributed by atoms with Crippen LogP contribution in [0.5, 0.6) is 0 Å². The second kappa shape index (κ2) is 34.9. The van der Waals surface area contributed by atoms with Crippen molar-refractivity contribution in [3.63, 3.8) is 0 Å². The Labute approximate surface area is 357 Å². The van der Waals surface area contributed by atoms with Crippen LogP contribution in [-0.4, -0.2) is 56.6 Å². The summed E-state index contributed by atoms with van der Waals surface area (Å²) in [5.41, 5.74) is 7.77. The topological polar surface area (TPSA) is 97.5 Å². The predicted molar refractivity (Wildman–Crippen MR) is 244 cm³/mol. The molecule has 0 aliphatic carbocycles. The maximum Gasteiger partial charge on any atom is 0 e. The van der Waals surface area contributed by atoms with Crippen LogP contribution in [0.15, 0.2) is 182 Å². The van der Waals surface area contributed by atoms with Crippen molar-refractivity contribution in [1.29, 1.82) is 0 Å². The first kappa shape index (κ1) is 50.8. The quantitative estimate of drug-likeness (QED) is 0.0530. The van der Waals surface area contributed by atoms with Crippen molar-refractivity contribution in [1.82, 2.24) is 4.90 Å².